The Balaban J connectivity index is 1.39. The summed E-state index contributed by atoms with van der Waals surface area (Å²) in [5.41, 5.74) is 1.66. The van der Waals surface area contributed by atoms with Gasteiger partial charge in [-0.05, 0) is 36.8 Å². The number of benzene rings is 2. The molecule has 160 valence electrons. The van der Waals surface area contributed by atoms with Crippen LogP contribution in [0.3, 0.4) is 0 Å². The quantitative estimate of drug-likeness (QED) is 0.511. The molecule has 0 amide bonds. The summed E-state index contributed by atoms with van der Waals surface area (Å²) in [4.78, 5) is 24.1. The van der Waals surface area contributed by atoms with E-state index in [9.17, 15) is 19.8 Å². The predicted octanol–water partition coefficient (Wildman–Crippen LogP) is 3.00. The van der Waals surface area contributed by atoms with E-state index in [1.54, 1.807) is 0 Å². The number of carbonyl (C=O) groups is 2. The van der Waals surface area contributed by atoms with Gasteiger partial charge in [0.1, 0.15) is 0 Å². The van der Waals surface area contributed by atoms with E-state index in [0.717, 1.165) is 11.1 Å². The van der Waals surface area contributed by atoms with E-state index >= 15 is 0 Å². The van der Waals surface area contributed by atoms with Crippen molar-refractivity contribution in [3.05, 3.63) is 71.8 Å². The zero-order chi connectivity index (χ0) is 21.3. The fourth-order valence-electron chi connectivity index (χ4n) is 3.79. The zero-order valence-electron chi connectivity index (χ0n) is 16.9. The summed E-state index contributed by atoms with van der Waals surface area (Å²) >= 11 is 0. The summed E-state index contributed by atoms with van der Waals surface area (Å²) in [5.74, 6) is -1.31. The van der Waals surface area contributed by atoms with Gasteiger partial charge in [-0.3, -0.25) is 9.59 Å². The molecule has 0 aromatic heterocycles. The summed E-state index contributed by atoms with van der Waals surface area (Å²) in [6.07, 6.45) is 0.220. The molecule has 30 heavy (non-hydrogen) atoms. The molecule has 2 aromatic carbocycles. The van der Waals surface area contributed by atoms with Crippen molar-refractivity contribution in [2.24, 2.45) is 11.8 Å². The number of hydrogen-bond donors (Lipinski definition) is 2. The van der Waals surface area contributed by atoms with Gasteiger partial charge in [0.05, 0.1) is 12.8 Å². The largest absolute Gasteiger partial charge is 0.435 e. The van der Waals surface area contributed by atoms with Gasteiger partial charge in [-0.1, -0.05) is 60.7 Å². The maximum Gasteiger partial charge on any atom is 0.312 e. The number of aliphatic hydroxyl groups excluding tert-OH is 2. The van der Waals surface area contributed by atoms with Crippen molar-refractivity contribution in [3.63, 3.8) is 0 Å². The first-order valence-corrected chi connectivity index (χ1v) is 10.3. The van der Waals surface area contributed by atoms with Crippen LogP contribution in [0, 0.1) is 11.8 Å². The average Bonchev–Trinajstić information content (AvgIpc) is 2.75. The minimum atomic E-state index is -1.17. The molecule has 2 aromatic rings. The van der Waals surface area contributed by atoms with Crippen LogP contribution < -0.4 is 0 Å². The average molecular weight is 412 g/mol. The lowest BCUT2D eigenvalue weighted by Gasteiger charge is -2.32. The third-order valence-electron chi connectivity index (χ3n) is 5.51. The molecule has 1 fully saturated rings. The maximum absolute atomic E-state index is 12.0. The lowest BCUT2D eigenvalue weighted by Crippen LogP contribution is -2.35. The fourth-order valence-corrected chi connectivity index (χ4v) is 3.79. The van der Waals surface area contributed by atoms with Crippen LogP contribution >= 0.6 is 0 Å². The third kappa shape index (κ3) is 6.68. The van der Waals surface area contributed by atoms with Crippen LogP contribution in [-0.4, -0.2) is 34.7 Å². The second-order valence-corrected chi connectivity index (χ2v) is 7.76. The van der Waals surface area contributed by atoms with Gasteiger partial charge in [-0.15, -0.1) is 0 Å². The number of rotatable bonds is 8. The molecule has 0 radical (unpaired) electrons. The van der Waals surface area contributed by atoms with E-state index in [2.05, 4.69) is 0 Å². The Hall–Kier alpha value is -2.70. The minimum Gasteiger partial charge on any atom is -0.435 e. The molecule has 0 heterocycles. The Bertz CT molecular complexity index is 729. The van der Waals surface area contributed by atoms with Crippen LogP contribution in [0.15, 0.2) is 60.7 Å². The topological polar surface area (TPSA) is 93.1 Å². The van der Waals surface area contributed by atoms with Crippen LogP contribution in [0.2, 0.25) is 0 Å². The maximum atomic E-state index is 12.0. The summed E-state index contributed by atoms with van der Waals surface area (Å²) < 4.78 is 10.4. The molecule has 2 atom stereocenters. The number of aliphatic hydroxyl groups is 2. The van der Waals surface area contributed by atoms with Gasteiger partial charge >= 0.3 is 11.9 Å². The Morgan fingerprint density at radius 1 is 0.700 bits per heavy atom. The van der Waals surface area contributed by atoms with Crippen molar-refractivity contribution in [1.29, 1.82) is 0 Å². The monoisotopic (exact) mass is 412 g/mol. The van der Waals surface area contributed by atoms with Gasteiger partial charge in [0, 0.05) is 11.8 Å². The van der Waals surface area contributed by atoms with Crippen molar-refractivity contribution in [2.75, 3.05) is 0 Å². The van der Waals surface area contributed by atoms with E-state index < -0.39 is 24.5 Å². The first-order valence-electron chi connectivity index (χ1n) is 10.3. The minimum absolute atomic E-state index is 0.114. The van der Waals surface area contributed by atoms with E-state index in [4.69, 9.17) is 9.47 Å². The van der Waals surface area contributed by atoms with Gasteiger partial charge < -0.3 is 19.7 Å². The molecule has 0 bridgehead atoms. The molecule has 1 aliphatic carbocycles. The van der Waals surface area contributed by atoms with Gasteiger partial charge in [0.2, 0.25) is 12.6 Å². The van der Waals surface area contributed by atoms with Crippen molar-refractivity contribution < 1.29 is 29.3 Å². The molecule has 0 aliphatic heterocycles. The number of ether oxygens (including phenoxy) is 2. The van der Waals surface area contributed by atoms with Crippen LogP contribution in [-0.2, 0) is 31.9 Å². The molecular formula is C24H28O6. The summed E-state index contributed by atoms with van der Waals surface area (Å²) in [5, 5.41) is 20.5. The highest BCUT2D eigenvalue weighted by Crippen LogP contribution is 2.33. The molecule has 2 unspecified atom stereocenters. The zero-order valence-corrected chi connectivity index (χ0v) is 16.9. The molecule has 6 nitrogen and oxygen atoms in total. The lowest BCUT2D eigenvalue weighted by molar-refractivity contribution is -0.189. The SMILES string of the molecule is O=C(Cc1ccccc1)OC(O)C1CCC(C(O)OC(=O)Cc2ccccc2)CC1. The third-order valence-corrected chi connectivity index (χ3v) is 5.51. The van der Waals surface area contributed by atoms with Gasteiger partial charge in [-0.2, -0.15) is 0 Å². The number of carbonyl (C=O) groups excluding carboxylic acids is 2. The highest BCUT2D eigenvalue weighted by atomic mass is 16.6. The Kier molecular flexibility index (Phi) is 7.99. The number of esters is 2. The molecule has 1 saturated carbocycles. The second-order valence-electron chi connectivity index (χ2n) is 7.76. The molecule has 2 N–H and O–H groups in total. The first kappa shape index (κ1) is 22.0. The van der Waals surface area contributed by atoms with E-state index in [1.165, 1.54) is 0 Å². The summed E-state index contributed by atoms with van der Waals surface area (Å²) in [6.45, 7) is 0. The summed E-state index contributed by atoms with van der Waals surface area (Å²) in [7, 11) is 0. The van der Waals surface area contributed by atoms with Crippen molar-refractivity contribution in [3.8, 4) is 0 Å². The van der Waals surface area contributed by atoms with E-state index in [-0.39, 0.29) is 24.7 Å². The normalized spacial score (nSPS) is 20.7. The highest BCUT2D eigenvalue weighted by Gasteiger charge is 2.33. The predicted molar refractivity (Wildman–Crippen MR) is 110 cm³/mol. The van der Waals surface area contributed by atoms with Crippen LogP contribution in [0.5, 0.6) is 0 Å². The standard InChI is InChI=1S/C24H28O6/c25-21(15-17-7-3-1-4-8-17)29-23(27)19-11-13-20(14-12-19)24(28)30-22(26)16-18-9-5-2-6-10-18/h1-10,19-20,23-24,27-28H,11-16H2. The molecule has 0 saturated heterocycles. The van der Waals surface area contributed by atoms with E-state index in [1.807, 2.05) is 60.7 Å². The molecule has 0 spiro atoms. The van der Waals surface area contributed by atoms with Crippen LogP contribution in [0.4, 0.5) is 0 Å². The van der Waals surface area contributed by atoms with Crippen molar-refractivity contribution in [2.45, 2.75) is 51.1 Å². The Labute approximate surface area is 176 Å². The first-order chi connectivity index (χ1) is 14.5. The fraction of sp³-hybridized carbons (Fsp3) is 0.417. The molecular weight excluding hydrogens is 384 g/mol. The van der Waals surface area contributed by atoms with Crippen LogP contribution in [0.25, 0.3) is 0 Å². The smallest absolute Gasteiger partial charge is 0.312 e. The van der Waals surface area contributed by atoms with Gasteiger partial charge in [0.15, 0.2) is 0 Å². The summed E-state index contributed by atoms with van der Waals surface area (Å²) in [6, 6.07) is 18.5. The number of hydrogen-bond acceptors (Lipinski definition) is 6. The highest BCUT2D eigenvalue weighted by molar-refractivity contribution is 5.73. The second kappa shape index (κ2) is 10.9. The van der Waals surface area contributed by atoms with Crippen molar-refractivity contribution >= 4 is 11.9 Å². The molecule has 6 heteroatoms. The van der Waals surface area contributed by atoms with E-state index in [0.29, 0.717) is 25.7 Å². The van der Waals surface area contributed by atoms with Gasteiger partial charge in [-0.25, -0.2) is 0 Å². The molecule has 1 aliphatic rings. The van der Waals surface area contributed by atoms with Crippen LogP contribution in [0.1, 0.15) is 36.8 Å². The van der Waals surface area contributed by atoms with Gasteiger partial charge in [0.25, 0.3) is 0 Å². The Morgan fingerprint density at radius 3 is 1.37 bits per heavy atom. The molecule has 3 rings (SSSR count). The lowest BCUT2D eigenvalue weighted by atomic mass is 9.81. The van der Waals surface area contributed by atoms with Crippen molar-refractivity contribution in [1.82, 2.24) is 0 Å². The Morgan fingerprint density at radius 2 is 1.03 bits per heavy atom.